The van der Waals surface area contributed by atoms with Crippen LogP contribution in [0.3, 0.4) is 0 Å². The third-order valence-electron chi connectivity index (χ3n) is 3.62. The van der Waals surface area contributed by atoms with Gasteiger partial charge in [-0.1, -0.05) is 54.3 Å². The summed E-state index contributed by atoms with van der Waals surface area (Å²) in [6.45, 7) is 2.74. The predicted octanol–water partition coefficient (Wildman–Crippen LogP) is 3.90. The Morgan fingerprint density at radius 1 is 1.15 bits per heavy atom. The zero-order valence-corrected chi connectivity index (χ0v) is 18.3. The lowest BCUT2D eigenvalue weighted by Gasteiger charge is -2.10. The van der Waals surface area contributed by atoms with Crippen molar-refractivity contribution in [3.8, 4) is 11.5 Å². The maximum Gasteiger partial charge on any atom is 0.230 e. The molecule has 0 aliphatic carbocycles. The van der Waals surface area contributed by atoms with Gasteiger partial charge in [0, 0.05) is 12.3 Å². The molecule has 2 aromatic rings. The number of amides is 1. The fourth-order valence-electron chi connectivity index (χ4n) is 2.18. The Bertz CT molecular complexity index is 725. The van der Waals surface area contributed by atoms with E-state index in [1.807, 2.05) is 18.2 Å². The van der Waals surface area contributed by atoms with Gasteiger partial charge in [-0.05, 0) is 30.5 Å². The highest BCUT2D eigenvalue weighted by molar-refractivity contribution is 8.03. The van der Waals surface area contributed by atoms with Crippen LogP contribution in [0.1, 0.15) is 25.3 Å². The van der Waals surface area contributed by atoms with Gasteiger partial charge in [-0.25, -0.2) is 0 Å². The lowest BCUT2D eigenvalue weighted by Crippen LogP contribution is -2.27. The Labute approximate surface area is 172 Å². The van der Waals surface area contributed by atoms with E-state index in [0.29, 0.717) is 23.8 Å². The number of nitrogens with one attached hydrogen (secondary N) is 1. The molecule has 0 saturated heterocycles. The van der Waals surface area contributed by atoms with Crippen LogP contribution in [0.5, 0.6) is 11.5 Å². The molecule has 0 spiro atoms. The molecule has 6 nitrogen and oxygen atoms in total. The van der Waals surface area contributed by atoms with E-state index in [1.54, 1.807) is 37.3 Å². The number of methoxy groups -OCH3 is 2. The van der Waals surface area contributed by atoms with Gasteiger partial charge in [0.1, 0.15) is 0 Å². The summed E-state index contributed by atoms with van der Waals surface area (Å²) >= 11 is 4.71. The van der Waals surface area contributed by atoms with Gasteiger partial charge >= 0.3 is 0 Å². The van der Waals surface area contributed by atoms with Crippen LogP contribution in [0.4, 0.5) is 0 Å². The first-order valence-electron chi connectivity index (χ1n) is 8.73. The molecule has 0 aliphatic rings. The molecule has 0 unspecified atom stereocenters. The second-order valence-electron chi connectivity index (χ2n) is 5.61. The maximum atomic E-state index is 12.0. The molecule has 148 valence electrons. The number of unbranched alkanes of at least 4 members (excludes halogenated alkanes) is 1. The largest absolute Gasteiger partial charge is 0.493 e. The van der Waals surface area contributed by atoms with Gasteiger partial charge in [-0.15, -0.1) is 10.2 Å². The van der Waals surface area contributed by atoms with Crippen LogP contribution in [0.2, 0.25) is 0 Å². The highest BCUT2D eigenvalue weighted by Gasteiger charge is 2.09. The summed E-state index contributed by atoms with van der Waals surface area (Å²) in [5.41, 5.74) is 1.08. The Kier molecular flexibility index (Phi) is 9.79. The minimum atomic E-state index is -0.00383. The van der Waals surface area contributed by atoms with Crippen molar-refractivity contribution in [2.24, 2.45) is 0 Å². The second-order valence-corrected chi connectivity index (χ2v) is 9.16. The number of hydrogen-bond donors (Lipinski definition) is 1. The zero-order chi connectivity index (χ0) is 19.5. The number of nitrogens with zero attached hydrogens (tertiary/aromatic N) is 2. The summed E-state index contributed by atoms with van der Waals surface area (Å²) in [4.78, 5) is 12.0. The van der Waals surface area contributed by atoms with Gasteiger partial charge in [-0.2, -0.15) is 0 Å². The van der Waals surface area contributed by atoms with E-state index >= 15 is 0 Å². The molecule has 1 aromatic carbocycles. The molecule has 0 bridgehead atoms. The Morgan fingerprint density at radius 2 is 1.89 bits per heavy atom. The molecule has 1 N–H and O–H groups in total. The van der Waals surface area contributed by atoms with E-state index in [2.05, 4.69) is 22.4 Å². The number of ether oxygens (including phenoxy) is 2. The van der Waals surface area contributed by atoms with Crippen molar-refractivity contribution >= 4 is 40.8 Å². The molecule has 1 heterocycles. The number of aromatic nitrogens is 2. The average molecular weight is 428 g/mol. The van der Waals surface area contributed by atoms with E-state index < -0.39 is 0 Å². The average Bonchev–Trinajstić information content (AvgIpc) is 3.14. The SMILES string of the molecule is CCCCSc1nnc(SCC(=O)NCCc2ccc(OC)c(OC)c2)s1. The smallest absolute Gasteiger partial charge is 0.230 e. The molecule has 0 saturated carbocycles. The quantitative estimate of drug-likeness (QED) is 0.407. The summed E-state index contributed by atoms with van der Waals surface area (Å²) in [6.07, 6.45) is 3.08. The van der Waals surface area contributed by atoms with Crippen molar-refractivity contribution in [3.63, 3.8) is 0 Å². The topological polar surface area (TPSA) is 73.3 Å². The summed E-state index contributed by atoms with van der Waals surface area (Å²) in [5, 5.41) is 11.2. The van der Waals surface area contributed by atoms with E-state index in [4.69, 9.17) is 9.47 Å². The third kappa shape index (κ3) is 7.59. The van der Waals surface area contributed by atoms with Crippen molar-refractivity contribution in [1.29, 1.82) is 0 Å². The fraction of sp³-hybridized carbons (Fsp3) is 0.500. The summed E-state index contributed by atoms with van der Waals surface area (Å²) < 4.78 is 12.3. The van der Waals surface area contributed by atoms with Crippen molar-refractivity contribution in [1.82, 2.24) is 15.5 Å². The van der Waals surface area contributed by atoms with Crippen molar-refractivity contribution in [3.05, 3.63) is 23.8 Å². The number of carbonyl (C=O) groups excluding carboxylic acids is 1. The highest BCUT2D eigenvalue weighted by atomic mass is 32.2. The van der Waals surface area contributed by atoms with Gasteiger partial charge in [0.05, 0.1) is 20.0 Å². The fourth-order valence-corrected chi connectivity index (χ4v) is 5.18. The molecule has 0 atom stereocenters. The molecule has 1 amide bonds. The maximum absolute atomic E-state index is 12.0. The van der Waals surface area contributed by atoms with Gasteiger partial charge in [0.15, 0.2) is 20.2 Å². The molecule has 1 aromatic heterocycles. The van der Waals surface area contributed by atoms with Crippen LogP contribution < -0.4 is 14.8 Å². The summed E-state index contributed by atoms with van der Waals surface area (Å²) in [6, 6.07) is 5.78. The normalized spacial score (nSPS) is 10.6. The van der Waals surface area contributed by atoms with Crippen molar-refractivity contribution in [2.45, 2.75) is 34.9 Å². The molecule has 2 rings (SSSR count). The molecule has 0 fully saturated rings. The Hall–Kier alpha value is -1.45. The van der Waals surface area contributed by atoms with Crippen LogP contribution in [0, 0.1) is 0 Å². The van der Waals surface area contributed by atoms with Crippen LogP contribution >= 0.6 is 34.9 Å². The first kappa shape index (κ1) is 21.8. The van der Waals surface area contributed by atoms with Crippen LogP contribution in [-0.4, -0.2) is 48.4 Å². The molecule has 27 heavy (non-hydrogen) atoms. The molecule has 0 radical (unpaired) electrons. The lowest BCUT2D eigenvalue weighted by molar-refractivity contribution is -0.118. The second kappa shape index (κ2) is 12.1. The minimum absolute atomic E-state index is 0.00383. The first-order valence-corrected chi connectivity index (χ1v) is 11.5. The molecule has 0 aliphatic heterocycles. The van der Waals surface area contributed by atoms with Crippen molar-refractivity contribution in [2.75, 3.05) is 32.3 Å². The third-order valence-corrected chi connectivity index (χ3v) is 6.90. The van der Waals surface area contributed by atoms with Gasteiger partial charge in [-0.3, -0.25) is 4.79 Å². The van der Waals surface area contributed by atoms with Crippen molar-refractivity contribution < 1.29 is 14.3 Å². The van der Waals surface area contributed by atoms with E-state index in [0.717, 1.165) is 26.4 Å². The predicted molar refractivity (Wildman–Crippen MR) is 113 cm³/mol. The number of carbonyl (C=O) groups is 1. The van der Waals surface area contributed by atoms with E-state index in [9.17, 15) is 4.79 Å². The lowest BCUT2D eigenvalue weighted by atomic mass is 10.1. The monoisotopic (exact) mass is 427 g/mol. The Morgan fingerprint density at radius 3 is 2.59 bits per heavy atom. The van der Waals surface area contributed by atoms with Crippen LogP contribution in [0.25, 0.3) is 0 Å². The number of rotatable bonds is 12. The molecule has 9 heteroatoms. The Balaban J connectivity index is 1.69. The molecular weight excluding hydrogens is 402 g/mol. The highest BCUT2D eigenvalue weighted by Crippen LogP contribution is 2.29. The van der Waals surface area contributed by atoms with Gasteiger partial charge in [0.2, 0.25) is 5.91 Å². The number of hydrogen-bond acceptors (Lipinski definition) is 8. The first-order chi connectivity index (χ1) is 13.2. The van der Waals surface area contributed by atoms with Gasteiger partial charge in [0.25, 0.3) is 0 Å². The summed E-state index contributed by atoms with van der Waals surface area (Å²) in [7, 11) is 3.22. The van der Waals surface area contributed by atoms with E-state index in [1.165, 1.54) is 24.6 Å². The number of benzene rings is 1. The zero-order valence-electron chi connectivity index (χ0n) is 15.8. The van der Waals surface area contributed by atoms with E-state index in [-0.39, 0.29) is 5.91 Å². The van der Waals surface area contributed by atoms with Gasteiger partial charge < -0.3 is 14.8 Å². The van der Waals surface area contributed by atoms with Crippen LogP contribution in [-0.2, 0) is 11.2 Å². The number of thioether (sulfide) groups is 2. The standard InChI is InChI=1S/C18H25N3O3S3/c1-4-5-10-25-17-20-21-18(27-17)26-12-16(22)19-9-8-13-6-7-14(23-2)15(11-13)24-3/h6-7,11H,4-5,8-10,12H2,1-3H3,(H,19,22). The molecular formula is C18H25N3O3S3. The van der Waals surface area contributed by atoms with Crippen LogP contribution in [0.15, 0.2) is 26.9 Å². The summed E-state index contributed by atoms with van der Waals surface area (Å²) in [5.74, 6) is 2.80. The minimum Gasteiger partial charge on any atom is -0.493 e.